The summed E-state index contributed by atoms with van der Waals surface area (Å²) in [6.45, 7) is 5.70. The minimum Gasteiger partial charge on any atom is -0.329 e. The summed E-state index contributed by atoms with van der Waals surface area (Å²) < 4.78 is 24.8. The molecule has 0 bridgehead atoms. The minimum atomic E-state index is -3.05. The number of likely N-dealkylation sites (tertiary alicyclic amines) is 1. The fourth-order valence-corrected chi connectivity index (χ4v) is 4.51. The van der Waals surface area contributed by atoms with Gasteiger partial charge in [0.05, 0.1) is 6.26 Å². The summed E-state index contributed by atoms with van der Waals surface area (Å²) in [5, 5.41) is 0. The molecule has 0 amide bonds. The van der Waals surface area contributed by atoms with E-state index in [9.17, 15) is 8.42 Å². The second kappa shape index (κ2) is 5.21. The van der Waals surface area contributed by atoms with Crippen LogP contribution in [0.2, 0.25) is 0 Å². The van der Waals surface area contributed by atoms with Gasteiger partial charge in [0.1, 0.15) is 0 Å². The summed E-state index contributed by atoms with van der Waals surface area (Å²) in [6, 6.07) is 0.792. The fraction of sp³-hybridized carbons (Fsp3) is 1.00. The van der Waals surface area contributed by atoms with E-state index in [2.05, 4.69) is 9.80 Å². The monoisotopic (exact) mass is 302 g/mol. The molecule has 6 nitrogen and oxygen atoms in total. The summed E-state index contributed by atoms with van der Waals surface area (Å²) in [5.41, 5.74) is 6.18. The predicted molar refractivity (Wildman–Crippen MR) is 79.0 cm³/mol. The predicted octanol–water partition coefficient (Wildman–Crippen LogP) is -0.871. The van der Waals surface area contributed by atoms with E-state index in [-0.39, 0.29) is 5.54 Å². The van der Waals surface area contributed by atoms with Gasteiger partial charge < -0.3 is 5.73 Å². The maximum Gasteiger partial charge on any atom is 0.211 e. The highest BCUT2D eigenvalue weighted by Crippen LogP contribution is 2.36. The SMILES string of the molecule is CS(=O)(=O)N1CCN(C2(CN)CCN(C3CC3)C2)CC1. The van der Waals surface area contributed by atoms with Gasteiger partial charge in [0.2, 0.25) is 10.0 Å². The van der Waals surface area contributed by atoms with Gasteiger partial charge in [0.15, 0.2) is 0 Å². The van der Waals surface area contributed by atoms with E-state index in [1.165, 1.54) is 19.1 Å². The summed E-state index contributed by atoms with van der Waals surface area (Å²) in [7, 11) is -3.05. The third-order valence-corrected chi connectivity index (χ3v) is 6.49. The second-order valence-electron chi connectivity index (χ2n) is 6.53. The van der Waals surface area contributed by atoms with E-state index < -0.39 is 10.0 Å². The number of hydrogen-bond acceptors (Lipinski definition) is 5. The molecule has 2 saturated heterocycles. The van der Waals surface area contributed by atoms with Crippen molar-refractivity contribution in [2.45, 2.75) is 30.8 Å². The molecule has 116 valence electrons. The Hall–Kier alpha value is -0.210. The van der Waals surface area contributed by atoms with Crippen molar-refractivity contribution in [3.63, 3.8) is 0 Å². The number of nitrogens with zero attached hydrogens (tertiary/aromatic N) is 3. The third-order valence-electron chi connectivity index (χ3n) is 5.18. The van der Waals surface area contributed by atoms with Gasteiger partial charge in [-0.05, 0) is 19.3 Å². The van der Waals surface area contributed by atoms with Crippen LogP contribution < -0.4 is 5.73 Å². The van der Waals surface area contributed by atoms with Crippen LogP contribution in [-0.2, 0) is 10.0 Å². The molecular formula is C13H26N4O2S. The van der Waals surface area contributed by atoms with E-state index >= 15 is 0 Å². The molecule has 0 aromatic rings. The van der Waals surface area contributed by atoms with Gasteiger partial charge in [-0.25, -0.2) is 8.42 Å². The maximum absolute atomic E-state index is 11.6. The molecule has 3 aliphatic rings. The van der Waals surface area contributed by atoms with Gasteiger partial charge >= 0.3 is 0 Å². The second-order valence-corrected chi connectivity index (χ2v) is 8.51. The van der Waals surface area contributed by atoms with Crippen LogP contribution in [0.4, 0.5) is 0 Å². The lowest BCUT2D eigenvalue weighted by Gasteiger charge is -2.45. The first-order valence-corrected chi connectivity index (χ1v) is 9.44. The molecule has 2 N–H and O–H groups in total. The summed E-state index contributed by atoms with van der Waals surface area (Å²) >= 11 is 0. The van der Waals surface area contributed by atoms with Crippen LogP contribution in [0, 0.1) is 0 Å². The summed E-state index contributed by atoms with van der Waals surface area (Å²) in [4.78, 5) is 5.02. The molecule has 1 aliphatic carbocycles. The topological polar surface area (TPSA) is 69.9 Å². The molecule has 1 unspecified atom stereocenters. The number of piperazine rings is 1. The maximum atomic E-state index is 11.6. The Morgan fingerprint density at radius 3 is 2.30 bits per heavy atom. The molecule has 20 heavy (non-hydrogen) atoms. The van der Waals surface area contributed by atoms with E-state index in [1.54, 1.807) is 4.31 Å². The molecule has 3 rings (SSSR count). The van der Waals surface area contributed by atoms with Crippen molar-refractivity contribution in [3.05, 3.63) is 0 Å². The average Bonchev–Trinajstić information content (AvgIpc) is 3.18. The molecule has 1 saturated carbocycles. The molecule has 2 heterocycles. The Morgan fingerprint density at radius 1 is 1.15 bits per heavy atom. The van der Waals surface area contributed by atoms with E-state index in [0.717, 1.165) is 38.6 Å². The molecule has 0 aromatic carbocycles. The summed E-state index contributed by atoms with van der Waals surface area (Å²) in [5.74, 6) is 0. The first-order valence-electron chi connectivity index (χ1n) is 7.59. The van der Waals surface area contributed by atoms with E-state index in [4.69, 9.17) is 5.73 Å². The molecule has 1 atom stereocenters. The lowest BCUT2D eigenvalue weighted by atomic mass is 9.95. The van der Waals surface area contributed by atoms with Gasteiger partial charge in [-0.2, -0.15) is 4.31 Å². The Balaban J connectivity index is 1.63. The lowest BCUT2D eigenvalue weighted by Crippen LogP contribution is -2.61. The van der Waals surface area contributed by atoms with Gasteiger partial charge in [-0.1, -0.05) is 0 Å². The van der Waals surface area contributed by atoms with Crippen molar-refractivity contribution < 1.29 is 8.42 Å². The van der Waals surface area contributed by atoms with Gasteiger partial charge in [0.25, 0.3) is 0 Å². The standard InChI is InChI=1S/C13H26N4O2S/c1-20(18,19)17-8-6-16(7-9-17)13(10-14)4-5-15(11-13)12-2-3-12/h12H,2-11,14H2,1H3. The molecule has 0 spiro atoms. The normalized spacial score (nSPS) is 34.7. The van der Waals surface area contributed by atoms with Crippen LogP contribution in [-0.4, -0.2) is 86.2 Å². The first kappa shape index (κ1) is 14.7. The van der Waals surface area contributed by atoms with Gasteiger partial charge in [-0.3, -0.25) is 9.80 Å². The van der Waals surface area contributed by atoms with E-state index in [0.29, 0.717) is 19.6 Å². The van der Waals surface area contributed by atoms with Crippen LogP contribution in [0.5, 0.6) is 0 Å². The van der Waals surface area contributed by atoms with Gasteiger partial charge in [0, 0.05) is 57.4 Å². The average molecular weight is 302 g/mol. The van der Waals surface area contributed by atoms with Crippen LogP contribution in [0.1, 0.15) is 19.3 Å². The highest BCUT2D eigenvalue weighted by molar-refractivity contribution is 7.88. The van der Waals surface area contributed by atoms with Crippen molar-refractivity contribution in [3.8, 4) is 0 Å². The van der Waals surface area contributed by atoms with Crippen molar-refractivity contribution in [2.75, 3.05) is 52.1 Å². The number of hydrogen-bond donors (Lipinski definition) is 1. The summed E-state index contributed by atoms with van der Waals surface area (Å²) in [6.07, 6.45) is 5.09. The minimum absolute atomic E-state index is 0.0756. The quantitative estimate of drug-likeness (QED) is 0.731. The number of sulfonamides is 1. The Kier molecular flexibility index (Phi) is 3.83. The van der Waals surface area contributed by atoms with Crippen LogP contribution >= 0.6 is 0 Å². The largest absolute Gasteiger partial charge is 0.329 e. The zero-order valence-electron chi connectivity index (χ0n) is 12.3. The highest BCUT2D eigenvalue weighted by atomic mass is 32.2. The third kappa shape index (κ3) is 2.74. The zero-order valence-corrected chi connectivity index (χ0v) is 13.1. The van der Waals surface area contributed by atoms with Crippen molar-refractivity contribution >= 4 is 10.0 Å². The molecule has 0 radical (unpaired) electrons. The van der Waals surface area contributed by atoms with E-state index in [1.807, 2.05) is 0 Å². The Morgan fingerprint density at radius 2 is 1.80 bits per heavy atom. The number of rotatable bonds is 4. The molecule has 7 heteroatoms. The van der Waals surface area contributed by atoms with Crippen molar-refractivity contribution in [2.24, 2.45) is 5.73 Å². The smallest absolute Gasteiger partial charge is 0.211 e. The van der Waals surface area contributed by atoms with Gasteiger partial charge in [-0.15, -0.1) is 0 Å². The Bertz CT molecular complexity index is 457. The molecule has 0 aromatic heterocycles. The fourth-order valence-electron chi connectivity index (χ4n) is 3.69. The Labute approximate surface area is 121 Å². The van der Waals surface area contributed by atoms with Crippen molar-refractivity contribution in [1.29, 1.82) is 0 Å². The van der Waals surface area contributed by atoms with Crippen LogP contribution in [0.25, 0.3) is 0 Å². The van der Waals surface area contributed by atoms with Crippen molar-refractivity contribution in [1.82, 2.24) is 14.1 Å². The number of nitrogens with two attached hydrogens (primary N) is 1. The lowest BCUT2D eigenvalue weighted by molar-refractivity contribution is 0.0635. The van der Waals surface area contributed by atoms with Crippen LogP contribution in [0.3, 0.4) is 0 Å². The molecular weight excluding hydrogens is 276 g/mol. The first-order chi connectivity index (χ1) is 9.44. The molecule has 3 fully saturated rings. The highest BCUT2D eigenvalue weighted by Gasteiger charge is 2.46. The molecule has 2 aliphatic heterocycles. The van der Waals surface area contributed by atoms with Crippen LogP contribution in [0.15, 0.2) is 0 Å². The zero-order chi connectivity index (χ0) is 14.4.